The maximum Gasteiger partial charge on any atom is 0.410 e. The van der Waals surface area contributed by atoms with Gasteiger partial charge in [0.25, 0.3) is 0 Å². The molecule has 1 amide bonds. The normalized spacial score (nSPS) is 30.6. The molecule has 5 heteroatoms. The van der Waals surface area contributed by atoms with Crippen LogP contribution in [0.3, 0.4) is 0 Å². The van der Waals surface area contributed by atoms with Gasteiger partial charge < -0.3 is 14.4 Å². The summed E-state index contributed by atoms with van der Waals surface area (Å²) in [5.74, 6) is 0. The average Bonchev–Trinajstić information content (AvgIpc) is 2.83. The third kappa shape index (κ3) is 3.51. The van der Waals surface area contributed by atoms with Gasteiger partial charge in [-0.3, -0.25) is 0 Å². The summed E-state index contributed by atoms with van der Waals surface area (Å²) in [4.78, 5) is 13.6. The van der Waals surface area contributed by atoms with Crippen molar-refractivity contribution < 1.29 is 14.3 Å². The van der Waals surface area contributed by atoms with Crippen molar-refractivity contribution in [1.82, 2.24) is 4.90 Å². The highest BCUT2D eigenvalue weighted by molar-refractivity contribution is 6.21. The first-order valence-corrected chi connectivity index (χ1v) is 7.07. The molecule has 2 heterocycles. The Balaban J connectivity index is 0.000000771. The van der Waals surface area contributed by atoms with Gasteiger partial charge in [0.2, 0.25) is 0 Å². The molecule has 4 nitrogen and oxygen atoms in total. The molecule has 0 aromatic heterocycles. The van der Waals surface area contributed by atoms with Crippen molar-refractivity contribution in [3.63, 3.8) is 0 Å². The fourth-order valence-corrected chi connectivity index (χ4v) is 2.63. The largest absolute Gasteiger partial charge is 0.444 e. The number of ether oxygens (including phenoxy) is 2. The van der Waals surface area contributed by atoms with Crippen LogP contribution in [0.4, 0.5) is 4.79 Å². The van der Waals surface area contributed by atoms with Crippen LogP contribution in [0, 0.1) is 0 Å². The number of likely N-dealkylation sites (tertiary alicyclic amines) is 1. The summed E-state index contributed by atoms with van der Waals surface area (Å²) in [6.45, 7) is 10.8. The van der Waals surface area contributed by atoms with Crippen LogP contribution >= 0.6 is 11.6 Å². The molecule has 0 spiro atoms. The van der Waals surface area contributed by atoms with Crippen molar-refractivity contribution in [1.29, 1.82) is 0 Å². The van der Waals surface area contributed by atoms with Crippen LogP contribution in [0.25, 0.3) is 0 Å². The Kier molecular flexibility index (Phi) is 5.29. The Morgan fingerprint density at radius 2 is 2.00 bits per heavy atom. The molecular weight excluding hydrogens is 254 g/mol. The minimum absolute atomic E-state index is 0.0193. The predicted molar refractivity (Wildman–Crippen MR) is 72.1 cm³/mol. The number of hydrogen-bond donors (Lipinski definition) is 0. The SMILES string of the molecule is CC.CC(C)(C)OC(=O)N1CC(Cl)C2OCCC21. The van der Waals surface area contributed by atoms with E-state index in [4.69, 9.17) is 21.1 Å². The first kappa shape index (κ1) is 15.6. The van der Waals surface area contributed by atoms with Crippen LogP contribution in [-0.2, 0) is 9.47 Å². The number of alkyl halides is 1. The highest BCUT2D eigenvalue weighted by atomic mass is 35.5. The van der Waals surface area contributed by atoms with Gasteiger partial charge in [0.1, 0.15) is 5.60 Å². The Morgan fingerprint density at radius 1 is 1.39 bits per heavy atom. The summed E-state index contributed by atoms with van der Waals surface area (Å²) >= 11 is 6.15. The fraction of sp³-hybridized carbons (Fsp3) is 0.923. The minimum atomic E-state index is -0.462. The zero-order valence-electron chi connectivity index (χ0n) is 11.9. The van der Waals surface area contributed by atoms with Crippen molar-refractivity contribution in [2.75, 3.05) is 13.2 Å². The molecule has 0 radical (unpaired) electrons. The fourth-order valence-electron chi connectivity index (χ4n) is 2.24. The molecule has 2 fully saturated rings. The molecule has 2 rings (SSSR count). The van der Waals surface area contributed by atoms with Gasteiger partial charge >= 0.3 is 6.09 Å². The molecule has 0 saturated carbocycles. The van der Waals surface area contributed by atoms with E-state index in [0.29, 0.717) is 13.2 Å². The lowest BCUT2D eigenvalue weighted by atomic mass is 10.1. The molecule has 2 saturated heterocycles. The first-order chi connectivity index (χ1) is 8.38. The van der Waals surface area contributed by atoms with Crippen LogP contribution < -0.4 is 0 Å². The number of nitrogens with zero attached hydrogens (tertiary/aromatic N) is 1. The van der Waals surface area contributed by atoms with Gasteiger partial charge in [0.15, 0.2) is 0 Å². The third-order valence-electron chi connectivity index (χ3n) is 2.86. The lowest BCUT2D eigenvalue weighted by Gasteiger charge is -2.27. The lowest BCUT2D eigenvalue weighted by molar-refractivity contribution is 0.0208. The van der Waals surface area contributed by atoms with Crippen LogP contribution in [0.2, 0.25) is 0 Å². The molecule has 0 aromatic rings. The first-order valence-electron chi connectivity index (χ1n) is 6.64. The number of rotatable bonds is 0. The van der Waals surface area contributed by atoms with E-state index in [1.807, 2.05) is 34.6 Å². The van der Waals surface area contributed by atoms with E-state index in [9.17, 15) is 4.79 Å². The number of amides is 1. The Hall–Kier alpha value is -0.480. The quantitative estimate of drug-likeness (QED) is 0.639. The molecule has 18 heavy (non-hydrogen) atoms. The van der Waals surface area contributed by atoms with E-state index in [0.717, 1.165) is 6.42 Å². The number of carbonyl (C=O) groups is 1. The maximum atomic E-state index is 11.9. The van der Waals surface area contributed by atoms with Crippen LogP contribution in [0.1, 0.15) is 41.0 Å². The minimum Gasteiger partial charge on any atom is -0.444 e. The second kappa shape index (κ2) is 6.11. The summed E-state index contributed by atoms with van der Waals surface area (Å²) in [7, 11) is 0. The summed E-state index contributed by atoms with van der Waals surface area (Å²) in [6.07, 6.45) is 0.554. The molecular formula is C13H24ClNO3. The second-order valence-electron chi connectivity index (χ2n) is 5.34. The summed E-state index contributed by atoms with van der Waals surface area (Å²) in [5, 5.41) is -0.111. The molecule has 2 aliphatic rings. The number of carbonyl (C=O) groups excluding carboxylic acids is 1. The van der Waals surface area contributed by atoms with Gasteiger partial charge in [-0.05, 0) is 27.2 Å². The number of fused-ring (bicyclic) bond motifs is 1. The van der Waals surface area contributed by atoms with Gasteiger partial charge in [-0.15, -0.1) is 11.6 Å². The van der Waals surface area contributed by atoms with Crippen molar-refractivity contribution in [3.05, 3.63) is 0 Å². The van der Waals surface area contributed by atoms with Gasteiger partial charge in [-0.1, -0.05) is 13.8 Å². The summed E-state index contributed by atoms with van der Waals surface area (Å²) < 4.78 is 10.9. The second-order valence-corrected chi connectivity index (χ2v) is 5.90. The number of halogens is 1. The van der Waals surface area contributed by atoms with E-state index < -0.39 is 5.60 Å². The van der Waals surface area contributed by atoms with E-state index in [-0.39, 0.29) is 23.6 Å². The van der Waals surface area contributed by atoms with E-state index in [1.165, 1.54) is 0 Å². The van der Waals surface area contributed by atoms with Crippen LogP contribution in [0.15, 0.2) is 0 Å². The molecule has 3 unspecified atom stereocenters. The molecule has 3 atom stereocenters. The third-order valence-corrected chi connectivity index (χ3v) is 3.25. The Labute approximate surface area is 115 Å². The standard InChI is InChI=1S/C11H18ClNO3.C2H6/c1-11(2,3)16-10(14)13-6-7(12)9-8(13)4-5-15-9;1-2/h7-9H,4-6H2,1-3H3;1-2H3. The van der Waals surface area contributed by atoms with Gasteiger partial charge in [0.05, 0.1) is 17.5 Å². The van der Waals surface area contributed by atoms with Crippen LogP contribution in [-0.4, -0.2) is 47.3 Å². The van der Waals surface area contributed by atoms with E-state index in [2.05, 4.69) is 0 Å². The average molecular weight is 278 g/mol. The smallest absolute Gasteiger partial charge is 0.410 e. The Bertz CT molecular complexity index is 290. The van der Waals surface area contributed by atoms with E-state index >= 15 is 0 Å². The monoisotopic (exact) mass is 277 g/mol. The number of hydrogen-bond acceptors (Lipinski definition) is 3. The van der Waals surface area contributed by atoms with Crippen LogP contribution in [0.5, 0.6) is 0 Å². The van der Waals surface area contributed by atoms with Crippen molar-refractivity contribution in [3.8, 4) is 0 Å². The lowest BCUT2D eigenvalue weighted by Crippen LogP contribution is -2.41. The van der Waals surface area contributed by atoms with E-state index in [1.54, 1.807) is 4.90 Å². The molecule has 0 N–H and O–H groups in total. The van der Waals surface area contributed by atoms with Gasteiger partial charge in [-0.2, -0.15) is 0 Å². The topological polar surface area (TPSA) is 38.8 Å². The molecule has 106 valence electrons. The summed E-state index contributed by atoms with van der Waals surface area (Å²) in [5.41, 5.74) is -0.462. The Morgan fingerprint density at radius 3 is 2.56 bits per heavy atom. The van der Waals surface area contributed by atoms with Crippen molar-refractivity contribution in [2.45, 2.75) is 64.2 Å². The zero-order valence-corrected chi connectivity index (χ0v) is 12.7. The molecule has 0 bridgehead atoms. The zero-order chi connectivity index (χ0) is 13.9. The van der Waals surface area contributed by atoms with Crippen molar-refractivity contribution >= 4 is 17.7 Å². The van der Waals surface area contributed by atoms with Gasteiger partial charge in [-0.25, -0.2) is 4.79 Å². The molecule has 2 aliphatic heterocycles. The predicted octanol–water partition coefficient (Wildman–Crippen LogP) is 3.03. The molecule has 0 aliphatic carbocycles. The van der Waals surface area contributed by atoms with Gasteiger partial charge in [0, 0.05) is 13.2 Å². The van der Waals surface area contributed by atoms with Crippen molar-refractivity contribution in [2.24, 2.45) is 0 Å². The maximum absolute atomic E-state index is 11.9. The molecule has 0 aromatic carbocycles. The summed E-state index contributed by atoms with van der Waals surface area (Å²) in [6, 6.07) is 0.0948. The highest BCUT2D eigenvalue weighted by Crippen LogP contribution is 2.33. The highest BCUT2D eigenvalue weighted by Gasteiger charge is 2.47.